The van der Waals surface area contributed by atoms with Crippen LogP contribution in [0.4, 0.5) is 0 Å². The largest absolute Gasteiger partial charge is 0.492 e. The number of nitrogens with zero attached hydrogens (tertiary/aromatic N) is 1. The highest BCUT2D eigenvalue weighted by atomic mass is 16.5. The van der Waals surface area contributed by atoms with Gasteiger partial charge in [-0.3, -0.25) is 4.98 Å². The van der Waals surface area contributed by atoms with Crippen LogP contribution in [0, 0.1) is 0 Å². The van der Waals surface area contributed by atoms with E-state index < -0.39 is 0 Å². The minimum Gasteiger partial charge on any atom is -0.492 e. The van der Waals surface area contributed by atoms with Crippen LogP contribution in [0.3, 0.4) is 0 Å². The van der Waals surface area contributed by atoms with E-state index in [9.17, 15) is 0 Å². The number of benzene rings is 1. The average Bonchev–Trinajstić information content (AvgIpc) is 2.53. The Hall–Kier alpha value is -1.87. The van der Waals surface area contributed by atoms with Crippen molar-refractivity contribution in [2.24, 2.45) is 0 Å². The van der Waals surface area contributed by atoms with Gasteiger partial charge in [0.25, 0.3) is 0 Å². The SMILES string of the molecule is CCNC(c1cncc(OCC)c1)c1ccccc1CC. The van der Waals surface area contributed by atoms with E-state index in [0.29, 0.717) is 6.61 Å². The first-order valence-electron chi connectivity index (χ1n) is 7.69. The zero-order valence-electron chi connectivity index (χ0n) is 13.1. The molecular formula is C18H24N2O. The summed E-state index contributed by atoms with van der Waals surface area (Å²) >= 11 is 0. The molecular weight excluding hydrogens is 260 g/mol. The molecule has 0 saturated carbocycles. The topological polar surface area (TPSA) is 34.2 Å². The molecule has 0 amide bonds. The second kappa shape index (κ2) is 7.79. The minimum absolute atomic E-state index is 0.152. The monoisotopic (exact) mass is 284 g/mol. The quantitative estimate of drug-likeness (QED) is 0.841. The van der Waals surface area contributed by atoms with Crippen molar-refractivity contribution in [1.29, 1.82) is 0 Å². The van der Waals surface area contributed by atoms with Crippen molar-refractivity contribution in [1.82, 2.24) is 10.3 Å². The molecule has 3 heteroatoms. The molecule has 1 N–H and O–H groups in total. The maximum atomic E-state index is 5.58. The average molecular weight is 284 g/mol. The molecule has 0 aliphatic rings. The molecule has 0 saturated heterocycles. The fourth-order valence-corrected chi connectivity index (χ4v) is 2.59. The first-order chi connectivity index (χ1) is 10.3. The van der Waals surface area contributed by atoms with Crippen LogP contribution in [0.1, 0.15) is 43.5 Å². The van der Waals surface area contributed by atoms with E-state index in [1.54, 1.807) is 6.20 Å². The third kappa shape index (κ3) is 3.82. The molecule has 1 aromatic heterocycles. The van der Waals surface area contributed by atoms with Gasteiger partial charge in [-0.05, 0) is 42.6 Å². The van der Waals surface area contributed by atoms with Crippen LogP contribution >= 0.6 is 0 Å². The zero-order chi connectivity index (χ0) is 15.1. The van der Waals surface area contributed by atoms with E-state index in [2.05, 4.69) is 54.5 Å². The van der Waals surface area contributed by atoms with Crippen molar-refractivity contribution in [3.05, 3.63) is 59.4 Å². The lowest BCUT2D eigenvalue weighted by molar-refractivity contribution is 0.338. The first-order valence-corrected chi connectivity index (χ1v) is 7.69. The van der Waals surface area contributed by atoms with Gasteiger partial charge in [0.05, 0.1) is 18.8 Å². The standard InChI is InChI=1S/C18H24N2O/c1-4-14-9-7-8-10-17(14)18(20-5-2)15-11-16(21-6-3)13-19-12-15/h7-13,18,20H,4-6H2,1-3H3. The summed E-state index contributed by atoms with van der Waals surface area (Å²) in [6, 6.07) is 10.8. The van der Waals surface area contributed by atoms with Crippen molar-refractivity contribution < 1.29 is 4.74 Å². The molecule has 0 fully saturated rings. The fraction of sp³-hybridized carbons (Fsp3) is 0.389. The predicted molar refractivity (Wildman–Crippen MR) is 86.7 cm³/mol. The van der Waals surface area contributed by atoms with E-state index in [0.717, 1.165) is 24.3 Å². The predicted octanol–water partition coefficient (Wildman–Crippen LogP) is 3.74. The lowest BCUT2D eigenvalue weighted by Gasteiger charge is -2.22. The van der Waals surface area contributed by atoms with Crippen molar-refractivity contribution in [2.45, 2.75) is 33.2 Å². The Bertz CT molecular complexity index is 569. The van der Waals surface area contributed by atoms with Crippen molar-refractivity contribution >= 4 is 0 Å². The maximum Gasteiger partial charge on any atom is 0.137 e. The molecule has 1 heterocycles. The van der Waals surface area contributed by atoms with Gasteiger partial charge >= 0.3 is 0 Å². The number of aromatic nitrogens is 1. The summed E-state index contributed by atoms with van der Waals surface area (Å²) in [5.41, 5.74) is 3.83. The molecule has 0 aliphatic carbocycles. The summed E-state index contributed by atoms with van der Waals surface area (Å²) < 4.78 is 5.58. The van der Waals surface area contributed by atoms with Gasteiger partial charge in [0.2, 0.25) is 0 Å². The highest BCUT2D eigenvalue weighted by Gasteiger charge is 2.16. The molecule has 1 atom stereocenters. The van der Waals surface area contributed by atoms with E-state index in [1.165, 1.54) is 11.1 Å². The maximum absolute atomic E-state index is 5.58. The lowest BCUT2D eigenvalue weighted by atomic mass is 9.94. The van der Waals surface area contributed by atoms with Crippen LogP contribution in [0.2, 0.25) is 0 Å². The molecule has 2 aromatic rings. The van der Waals surface area contributed by atoms with Crippen LogP contribution in [-0.2, 0) is 6.42 Å². The summed E-state index contributed by atoms with van der Waals surface area (Å²) in [6.07, 6.45) is 4.71. The second-order valence-electron chi connectivity index (χ2n) is 4.93. The Labute approximate surface area is 127 Å². The number of hydrogen-bond donors (Lipinski definition) is 1. The summed E-state index contributed by atoms with van der Waals surface area (Å²) in [6.45, 7) is 7.86. The van der Waals surface area contributed by atoms with E-state index >= 15 is 0 Å². The summed E-state index contributed by atoms with van der Waals surface area (Å²) in [4.78, 5) is 4.32. The zero-order valence-corrected chi connectivity index (χ0v) is 13.1. The molecule has 3 nitrogen and oxygen atoms in total. The molecule has 112 valence electrons. The second-order valence-corrected chi connectivity index (χ2v) is 4.93. The number of ether oxygens (including phenoxy) is 1. The summed E-state index contributed by atoms with van der Waals surface area (Å²) in [5.74, 6) is 0.826. The van der Waals surface area contributed by atoms with Gasteiger partial charge in [-0.1, -0.05) is 38.1 Å². The third-order valence-corrected chi connectivity index (χ3v) is 3.53. The van der Waals surface area contributed by atoms with E-state index in [4.69, 9.17) is 4.74 Å². The number of hydrogen-bond acceptors (Lipinski definition) is 3. The van der Waals surface area contributed by atoms with Gasteiger partial charge in [-0.25, -0.2) is 0 Å². The summed E-state index contributed by atoms with van der Waals surface area (Å²) in [7, 11) is 0. The lowest BCUT2D eigenvalue weighted by Crippen LogP contribution is -2.23. The Morgan fingerprint density at radius 1 is 1.14 bits per heavy atom. The van der Waals surface area contributed by atoms with Crippen molar-refractivity contribution in [3.63, 3.8) is 0 Å². The normalized spacial score (nSPS) is 12.1. The Balaban J connectivity index is 2.40. The molecule has 2 rings (SSSR count). The highest BCUT2D eigenvalue weighted by Crippen LogP contribution is 2.27. The number of rotatable bonds is 7. The van der Waals surface area contributed by atoms with Gasteiger partial charge in [0.15, 0.2) is 0 Å². The number of aryl methyl sites for hydroxylation is 1. The Kier molecular flexibility index (Phi) is 5.76. The highest BCUT2D eigenvalue weighted by molar-refractivity contribution is 5.38. The molecule has 1 aromatic carbocycles. The van der Waals surface area contributed by atoms with Crippen molar-refractivity contribution in [3.8, 4) is 5.75 Å². The Morgan fingerprint density at radius 3 is 2.67 bits per heavy atom. The molecule has 0 aliphatic heterocycles. The molecule has 21 heavy (non-hydrogen) atoms. The molecule has 0 radical (unpaired) electrons. The van der Waals surface area contributed by atoms with Crippen LogP contribution in [-0.4, -0.2) is 18.1 Å². The van der Waals surface area contributed by atoms with E-state index in [1.807, 2.05) is 13.1 Å². The van der Waals surface area contributed by atoms with Gasteiger partial charge in [-0.15, -0.1) is 0 Å². The van der Waals surface area contributed by atoms with E-state index in [-0.39, 0.29) is 6.04 Å². The Morgan fingerprint density at radius 2 is 1.95 bits per heavy atom. The third-order valence-electron chi connectivity index (χ3n) is 3.53. The smallest absolute Gasteiger partial charge is 0.137 e. The van der Waals surface area contributed by atoms with Crippen LogP contribution < -0.4 is 10.1 Å². The van der Waals surface area contributed by atoms with Gasteiger partial charge in [-0.2, -0.15) is 0 Å². The fourth-order valence-electron chi connectivity index (χ4n) is 2.59. The molecule has 0 bridgehead atoms. The van der Waals surface area contributed by atoms with Crippen LogP contribution in [0.25, 0.3) is 0 Å². The molecule has 0 spiro atoms. The number of pyridine rings is 1. The van der Waals surface area contributed by atoms with Gasteiger partial charge in [0.1, 0.15) is 5.75 Å². The van der Waals surface area contributed by atoms with Gasteiger partial charge in [0, 0.05) is 6.20 Å². The van der Waals surface area contributed by atoms with Gasteiger partial charge < -0.3 is 10.1 Å². The first kappa shape index (κ1) is 15.5. The van der Waals surface area contributed by atoms with Crippen molar-refractivity contribution in [2.75, 3.05) is 13.2 Å². The molecule has 1 unspecified atom stereocenters. The van der Waals surface area contributed by atoms with Crippen LogP contribution in [0.5, 0.6) is 5.75 Å². The summed E-state index contributed by atoms with van der Waals surface area (Å²) in [5, 5.41) is 3.56. The van der Waals surface area contributed by atoms with Crippen LogP contribution in [0.15, 0.2) is 42.7 Å². The minimum atomic E-state index is 0.152. The number of nitrogens with one attached hydrogen (secondary N) is 1.